The lowest BCUT2D eigenvalue weighted by Gasteiger charge is -2.04. The Morgan fingerprint density at radius 2 is 2.40 bits per heavy atom. The van der Waals surface area contributed by atoms with E-state index in [4.69, 9.17) is 0 Å². The van der Waals surface area contributed by atoms with Crippen LogP contribution in [0, 0.1) is 0 Å². The van der Waals surface area contributed by atoms with Crippen molar-refractivity contribution in [1.82, 2.24) is 5.32 Å². The van der Waals surface area contributed by atoms with Crippen LogP contribution in [-0.2, 0) is 4.79 Å². The fourth-order valence-electron chi connectivity index (χ4n) is 1.41. The second kappa shape index (κ2) is 1.97. The number of hydrogen-bond acceptors (Lipinski definition) is 1. The normalized spacial score (nSPS) is 23.0. The van der Waals surface area contributed by atoms with Gasteiger partial charge in [0.05, 0.1) is 6.42 Å². The van der Waals surface area contributed by atoms with Gasteiger partial charge in [0.1, 0.15) is 0 Å². The predicted octanol–water partition coefficient (Wildman–Crippen LogP) is 1.11. The van der Waals surface area contributed by atoms with Gasteiger partial charge in [-0.3, -0.25) is 4.79 Å². The molecular formula is C8H9NO. The number of rotatable bonds is 0. The molecule has 0 radical (unpaired) electrons. The van der Waals surface area contributed by atoms with E-state index in [1.54, 1.807) is 0 Å². The molecule has 0 aromatic rings. The van der Waals surface area contributed by atoms with E-state index >= 15 is 0 Å². The fourth-order valence-corrected chi connectivity index (χ4v) is 1.41. The van der Waals surface area contributed by atoms with Gasteiger partial charge >= 0.3 is 0 Å². The van der Waals surface area contributed by atoms with Crippen molar-refractivity contribution in [3.05, 3.63) is 23.4 Å². The molecule has 2 heteroatoms. The van der Waals surface area contributed by atoms with Crippen LogP contribution in [0.4, 0.5) is 0 Å². The number of carbonyl (C=O) groups is 1. The highest BCUT2D eigenvalue weighted by Gasteiger charge is 2.19. The van der Waals surface area contributed by atoms with Crippen LogP contribution < -0.4 is 5.32 Å². The molecule has 2 nitrogen and oxygen atoms in total. The van der Waals surface area contributed by atoms with Gasteiger partial charge in [-0.05, 0) is 24.5 Å². The molecule has 1 aliphatic carbocycles. The van der Waals surface area contributed by atoms with E-state index < -0.39 is 0 Å². The summed E-state index contributed by atoms with van der Waals surface area (Å²) in [4.78, 5) is 10.8. The van der Waals surface area contributed by atoms with Crippen LogP contribution in [0.25, 0.3) is 0 Å². The molecule has 1 heterocycles. The standard InChI is InChI=1S/C8H9NO/c10-8-5-6-3-1-2-4-7(6)9-8/h2,4H,1,3,5H2,(H,9,10). The highest BCUT2D eigenvalue weighted by molar-refractivity contribution is 5.85. The first kappa shape index (κ1) is 5.71. The quantitative estimate of drug-likeness (QED) is 0.529. The Labute approximate surface area is 59.6 Å². The summed E-state index contributed by atoms with van der Waals surface area (Å²) >= 11 is 0. The second-order valence-corrected chi connectivity index (χ2v) is 2.68. The maximum atomic E-state index is 10.8. The number of amides is 1. The maximum Gasteiger partial charge on any atom is 0.228 e. The Morgan fingerprint density at radius 1 is 1.50 bits per heavy atom. The summed E-state index contributed by atoms with van der Waals surface area (Å²) in [6, 6.07) is 0. The molecule has 1 amide bonds. The van der Waals surface area contributed by atoms with Crippen LogP contribution in [0.5, 0.6) is 0 Å². The summed E-state index contributed by atoms with van der Waals surface area (Å²) in [5, 5.41) is 2.81. The number of carbonyl (C=O) groups excluding carboxylic acids is 1. The maximum absolute atomic E-state index is 10.8. The topological polar surface area (TPSA) is 29.1 Å². The van der Waals surface area contributed by atoms with Crippen LogP contribution in [0.1, 0.15) is 19.3 Å². The zero-order valence-electron chi connectivity index (χ0n) is 5.68. The van der Waals surface area contributed by atoms with Crippen LogP contribution >= 0.6 is 0 Å². The highest BCUT2D eigenvalue weighted by Crippen LogP contribution is 2.24. The lowest BCUT2D eigenvalue weighted by atomic mass is 10.0. The summed E-state index contributed by atoms with van der Waals surface area (Å²) in [6.45, 7) is 0. The summed E-state index contributed by atoms with van der Waals surface area (Å²) in [6.07, 6.45) is 6.88. The Hall–Kier alpha value is -1.05. The van der Waals surface area contributed by atoms with Gasteiger partial charge in [-0.25, -0.2) is 0 Å². The van der Waals surface area contributed by atoms with Gasteiger partial charge in [-0.2, -0.15) is 0 Å². The second-order valence-electron chi connectivity index (χ2n) is 2.68. The Bertz CT molecular complexity index is 238. The zero-order chi connectivity index (χ0) is 6.97. The van der Waals surface area contributed by atoms with Gasteiger partial charge in [0.25, 0.3) is 0 Å². The van der Waals surface area contributed by atoms with E-state index in [1.807, 2.05) is 6.08 Å². The minimum absolute atomic E-state index is 0.150. The van der Waals surface area contributed by atoms with Crippen LogP contribution in [0.2, 0.25) is 0 Å². The lowest BCUT2D eigenvalue weighted by Crippen LogP contribution is -2.13. The summed E-state index contributed by atoms with van der Waals surface area (Å²) < 4.78 is 0. The van der Waals surface area contributed by atoms with Crippen LogP contribution in [0.15, 0.2) is 23.4 Å². The molecular weight excluding hydrogens is 126 g/mol. The first-order chi connectivity index (χ1) is 4.86. The SMILES string of the molecule is O=C1CC2=C(C=CCC2)N1. The highest BCUT2D eigenvalue weighted by atomic mass is 16.1. The minimum atomic E-state index is 0.150. The Balaban J connectivity index is 2.29. The van der Waals surface area contributed by atoms with Gasteiger partial charge in [-0.15, -0.1) is 0 Å². The van der Waals surface area contributed by atoms with E-state index in [-0.39, 0.29) is 5.91 Å². The molecule has 0 saturated carbocycles. The van der Waals surface area contributed by atoms with E-state index in [0.717, 1.165) is 18.5 Å². The smallest absolute Gasteiger partial charge is 0.228 e. The average molecular weight is 135 g/mol. The molecule has 0 fully saturated rings. The first-order valence-corrected chi connectivity index (χ1v) is 3.55. The van der Waals surface area contributed by atoms with Crippen molar-refractivity contribution in [3.63, 3.8) is 0 Å². The van der Waals surface area contributed by atoms with Gasteiger partial charge in [0.15, 0.2) is 0 Å². The first-order valence-electron chi connectivity index (χ1n) is 3.55. The molecule has 0 atom stereocenters. The zero-order valence-corrected chi connectivity index (χ0v) is 5.68. The van der Waals surface area contributed by atoms with Crippen molar-refractivity contribution < 1.29 is 4.79 Å². The van der Waals surface area contributed by atoms with Crippen molar-refractivity contribution in [3.8, 4) is 0 Å². The third-order valence-corrected chi connectivity index (χ3v) is 1.93. The molecule has 2 rings (SSSR count). The largest absolute Gasteiger partial charge is 0.326 e. The minimum Gasteiger partial charge on any atom is -0.326 e. The van der Waals surface area contributed by atoms with E-state index in [1.165, 1.54) is 5.57 Å². The number of nitrogens with one attached hydrogen (secondary N) is 1. The number of hydrogen-bond donors (Lipinski definition) is 1. The molecule has 10 heavy (non-hydrogen) atoms. The van der Waals surface area contributed by atoms with Crippen molar-refractivity contribution in [2.45, 2.75) is 19.3 Å². The number of allylic oxidation sites excluding steroid dienone is 2. The van der Waals surface area contributed by atoms with Gasteiger partial charge in [-0.1, -0.05) is 6.08 Å². The fraction of sp³-hybridized carbons (Fsp3) is 0.375. The summed E-state index contributed by atoms with van der Waals surface area (Å²) in [7, 11) is 0. The molecule has 0 unspecified atom stereocenters. The Morgan fingerprint density at radius 3 is 3.20 bits per heavy atom. The predicted molar refractivity (Wildman–Crippen MR) is 38.2 cm³/mol. The van der Waals surface area contributed by atoms with Crippen LogP contribution in [0.3, 0.4) is 0 Å². The lowest BCUT2D eigenvalue weighted by molar-refractivity contribution is -0.118. The third-order valence-electron chi connectivity index (χ3n) is 1.93. The third kappa shape index (κ3) is 0.764. The van der Waals surface area contributed by atoms with Crippen molar-refractivity contribution in [1.29, 1.82) is 0 Å². The van der Waals surface area contributed by atoms with Gasteiger partial charge in [0, 0.05) is 5.70 Å². The molecule has 1 N–H and O–H groups in total. The molecule has 0 spiro atoms. The van der Waals surface area contributed by atoms with Crippen molar-refractivity contribution in [2.24, 2.45) is 0 Å². The Kier molecular flexibility index (Phi) is 1.13. The van der Waals surface area contributed by atoms with Gasteiger partial charge < -0.3 is 5.32 Å². The molecule has 0 aromatic heterocycles. The molecule has 0 aromatic carbocycles. The van der Waals surface area contributed by atoms with Gasteiger partial charge in [0.2, 0.25) is 5.91 Å². The van der Waals surface area contributed by atoms with Crippen molar-refractivity contribution >= 4 is 5.91 Å². The van der Waals surface area contributed by atoms with E-state index in [0.29, 0.717) is 6.42 Å². The molecule has 2 aliphatic rings. The van der Waals surface area contributed by atoms with Crippen molar-refractivity contribution in [2.75, 3.05) is 0 Å². The molecule has 0 saturated heterocycles. The summed E-state index contributed by atoms with van der Waals surface area (Å²) in [5.74, 6) is 0.150. The summed E-state index contributed by atoms with van der Waals surface area (Å²) in [5.41, 5.74) is 2.34. The molecule has 0 bridgehead atoms. The monoisotopic (exact) mass is 135 g/mol. The molecule has 1 aliphatic heterocycles. The average Bonchev–Trinajstić information content (AvgIpc) is 2.27. The van der Waals surface area contributed by atoms with Crippen LogP contribution in [-0.4, -0.2) is 5.91 Å². The molecule has 52 valence electrons. The van der Waals surface area contributed by atoms with E-state index in [2.05, 4.69) is 11.4 Å². The van der Waals surface area contributed by atoms with E-state index in [9.17, 15) is 4.79 Å².